The zero-order chi connectivity index (χ0) is 26.5. The van der Waals surface area contributed by atoms with E-state index in [9.17, 15) is 27.6 Å². The van der Waals surface area contributed by atoms with Gasteiger partial charge in [-0.1, -0.05) is 25.3 Å². The number of rotatable bonds is 5. The van der Waals surface area contributed by atoms with Crippen LogP contribution in [0.4, 0.5) is 23.7 Å². The molecule has 1 aromatic carbocycles. The molecule has 1 aromatic rings. The summed E-state index contributed by atoms with van der Waals surface area (Å²) in [4.78, 5) is 40.5. The minimum absolute atomic E-state index is 0.0333. The molecule has 200 valence electrons. The van der Waals surface area contributed by atoms with Crippen LogP contribution in [-0.2, 0) is 20.5 Å². The maximum atomic E-state index is 13.6. The summed E-state index contributed by atoms with van der Waals surface area (Å²) in [5.74, 6) is -0.596. The Balaban J connectivity index is 1.74. The number of hydrogen-bond donors (Lipinski definition) is 2. The third kappa shape index (κ3) is 7.86. The van der Waals surface area contributed by atoms with E-state index in [0.717, 1.165) is 44.2 Å². The Kier molecular flexibility index (Phi) is 8.89. The van der Waals surface area contributed by atoms with Crippen LogP contribution < -0.4 is 10.6 Å². The smallest absolute Gasteiger partial charge is 0.416 e. The average molecular weight is 512 g/mol. The quantitative estimate of drug-likeness (QED) is 0.511. The lowest BCUT2D eigenvalue weighted by Crippen LogP contribution is -2.54. The molecular weight excluding hydrogens is 475 g/mol. The molecule has 2 fully saturated rings. The second-order valence-corrected chi connectivity index (χ2v) is 10.7. The van der Waals surface area contributed by atoms with Crippen molar-refractivity contribution in [2.24, 2.45) is 5.92 Å². The number of urea groups is 1. The molecule has 1 saturated carbocycles. The van der Waals surface area contributed by atoms with Crippen LogP contribution in [-0.4, -0.2) is 47.0 Å². The van der Waals surface area contributed by atoms with Crippen LogP contribution in [0.15, 0.2) is 24.3 Å². The van der Waals surface area contributed by atoms with Crippen LogP contribution in [0.1, 0.15) is 77.7 Å². The Morgan fingerprint density at radius 2 is 1.72 bits per heavy atom. The highest BCUT2D eigenvalue weighted by Gasteiger charge is 2.39. The lowest BCUT2D eigenvalue weighted by atomic mass is 9.81. The molecule has 3 rings (SSSR count). The average Bonchev–Trinajstić information content (AvgIpc) is 2.92. The van der Waals surface area contributed by atoms with Gasteiger partial charge in [-0.25, -0.2) is 4.79 Å². The molecule has 1 saturated heterocycles. The number of esters is 1. The van der Waals surface area contributed by atoms with E-state index in [-0.39, 0.29) is 30.1 Å². The van der Waals surface area contributed by atoms with E-state index in [1.807, 2.05) is 0 Å². The van der Waals surface area contributed by atoms with Gasteiger partial charge < -0.3 is 20.3 Å². The van der Waals surface area contributed by atoms with Crippen molar-refractivity contribution < 1.29 is 32.3 Å². The van der Waals surface area contributed by atoms with Gasteiger partial charge in [-0.15, -0.1) is 0 Å². The first-order chi connectivity index (χ1) is 16.8. The number of alkyl halides is 3. The van der Waals surface area contributed by atoms with Crippen molar-refractivity contribution in [3.63, 3.8) is 0 Å². The summed E-state index contributed by atoms with van der Waals surface area (Å²) >= 11 is 0. The number of halogens is 3. The number of benzene rings is 1. The first-order valence-electron chi connectivity index (χ1n) is 12.6. The zero-order valence-electron chi connectivity index (χ0n) is 21.1. The molecule has 1 aliphatic heterocycles. The zero-order valence-corrected chi connectivity index (χ0v) is 21.1. The number of carbonyl (C=O) groups is 3. The van der Waals surface area contributed by atoms with Crippen LogP contribution in [0.2, 0.25) is 0 Å². The van der Waals surface area contributed by atoms with E-state index >= 15 is 0 Å². The summed E-state index contributed by atoms with van der Waals surface area (Å²) in [5.41, 5.74) is -1.62. The first-order valence-corrected chi connectivity index (χ1v) is 12.6. The second kappa shape index (κ2) is 11.5. The number of amides is 3. The predicted molar refractivity (Wildman–Crippen MR) is 129 cm³/mol. The SMILES string of the molecule is CC(C)(C)OC(=O)CN1C(=O)C(NC(=O)Nc2cccc(C(F)(F)F)c2)CCCC1C1CCCCC1. The van der Waals surface area contributed by atoms with Crippen molar-refractivity contribution in [3.05, 3.63) is 29.8 Å². The van der Waals surface area contributed by atoms with Crippen LogP contribution >= 0.6 is 0 Å². The van der Waals surface area contributed by atoms with Gasteiger partial charge in [-0.05, 0) is 77.0 Å². The summed E-state index contributed by atoms with van der Waals surface area (Å²) in [6.45, 7) is 5.08. The third-order valence-corrected chi connectivity index (χ3v) is 6.64. The molecule has 2 aliphatic rings. The van der Waals surface area contributed by atoms with E-state index in [4.69, 9.17) is 4.74 Å². The van der Waals surface area contributed by atoms with Crippen LogP contribution in [0.3, 0.4) is 0 Å². The highest BCUT2D eigenvalue weighted by atomic mass is 19.4. The number of nitrogens with zero attached hydrogens (tertiary/aromatic N) is 1. The number of hydrogen-bond acceptors (Lipinski definition) is 4. The summed E-state index contributed by atoms with van der Waals surface area (Å²) < 4.78 is 44.5. The lowest BCUT2D eigenvalue weighted by Gasteiger charge is -2.38. The topological polar surface area (TPSA) is 87.7 Å². The Morgan fingerprint density at radius 3 is 2.36 bits per heavy atom. The van der Waals surface area contributed by atoms with Crippen LogP contribution in [0.5, 0.6) is 0 Å². The molecule has 36 heavy (non-hydrogen) atoms. The van der Waals surface area contributed by atoms with Gasteiger partial charge in [0.2, 0.25) is 5.91 Å². The van der Waals surface area contributed by atoms with Gasteiger partial charge in [-0.3, -0.25) is 9.59 Å². The molecule has 2 N–H and O–H groups in total. The second-order valence-electron chi connectivity index (χ2n) is 10.7. The van der Waals surface area contributed by atoms with Crippen molar-refractivity contribution in [1.29, 1.82) is 0 Å². The largest absolute Gasteiger partial charge is 0.459 e. The fourth-order valence-electron chi connectivity index (χ4n) is 5.12. The third-order valence-electron chi connectivity index (χ3n) is 6.64. The fraction of sp³-hybridized carbons (Fsp3) is 0.654. The van der Waals surface area contributed by atoms with Crippen molar-refractivity contribution in [2.75, 3.05) is 11.9 Å². The minimum Gasteiger partial charge on any atom is -0.459 e. The Hall–Kier alpha value is -2.78. The molecular formula is C26H36F3N3O4. The van der Waals surface area contributed by atoms with E-state index < -0.39 is 35.4 Å². The number of nitrogens with one attached hydrogen (secondary N) is 2. The molecule has 10 heteroatoms. The maximum Gasteiger partial charge on any atom is 0.416 e. The molecule has 7 nitrogen and oxygen atoms in total. The number of likely N-dealkylation sites (tertiary alicyclic amines) is 1. The highest BCUT2D eigenvalue weighted by molar-refractivity contribution is 5.94. The van der Waals surface area contributed by atoms with E-state index in [0.29, 0.717) is 19.3 Å². The number of ether oxygens (including phenoxy) is 1. The summed E-state index contributed by atoms with van der Waals surface area (Å²) in [6, 6.07) is 2.50. The first kappa shape index (κ1) is 27.8. The normalized spacial score (nSPS) is 22.1. The summed E-state index contributed by atoms with van der Waals surface area (Å²) in [7, 11) is 0. The Morgan fingerprint density at radius 1 is 1.03 bits per heavy atom. The lowest BCUT2D eigenvalue weighted by molar-refractivity contribution is -0.161. The number of anilines is 1. The van der Waals surface area contributed by atoms with Gasteiger partial charge >= 0.3 is 18.2 Å². The van der Waals surface area contributed by atoms with Crippen LogP contribution in [0.25, 0.3) is 0 Å². The molecule has 0 bridgehead atoms. The molecule has 2 atom stereocenters. The molecule has 0 radical (unpaired) electrons. The maximum absolute atomic E-state index is 13.6. The Bertz CT molecular complexity index is 939. The molecule has 1 aliphatic carbocycles. The van der Waals surface area contributed by atoms with Crippen molar-refractivity contribution >= 4 is 23.6 Å². The van der Waals surface area contributed by atoms with E-state index in [2.05, 4.69) is 10.6 Å². The van der Waals surface area contributed by atoms with Crippen molar-refractivity contribution in [3.8, 4) is 0 Å². The molecule has 0 spiro atoms. The van der Waals surface area contributed by atoms with E-state index in [1.54, 1.807) is 25.7 Å². The standard InChI is InChI=1S/C26H36F3N3O4/c1-25(2,3)36-22(33)16-32-21(17-9-5-4-6-10-17)14-8-13-20(23(32)34)31-24(35)30-19-12-7-11-18(15-19)26(27,28)29/h7,11-12,15,17,20-21H,4-6,8-10,13-14,16H2,1-3H3,(H2,30,31,35). The number of carbonyl (C=O) groups excluding carboxylic acids is 3. The summed E-state index contributed by atoms with van der Waals surface area (Å²) in [5, 5.41) is 5.01. The highest BCUT2D eigenvalue weighted by Crippen LogP contribution is 2.34. The van der Waals surface area contributed by atoms with Crippen molar-refractivity contribution in [1.82, 2.24) is 10.2 Å². The molecule has 3 amide bonds. The Labute approximate surface area is 210 Å². The van der Waals surface area contributed by atoms with Crippen molar-refractivity contribution in [2.45, 2.75) is 96.0 Å². The monoisotopic (exact) mass is 511 g/mol. The molecule has 1 heterocycles. The minimum atomic E-state index is -4.54. The van der Waals surface area contributed by atoms with Gasteiger partial charge in [0.1, 0.15) is 18.2 Å². The van der Waals surface area contributed by atoms with E-state index in [1.165, 1.54) is 12.1 Å². The van der Waals surface area contributed by atoms with Gasteiger partial charge in [0.25, 0.3) is 0 Å². The van der Waals surface area contributed by atoms with Gasteiger partial charge in [0, 0.05) is 11.7 Å². The molecule has 0 aromatic heterocycles. The molecule has 2 unspecified atom stereocenters. The predicted octanol–water partition coefficient (Wildman–Crippen LogP) is 5.50. The fourth-order valence-corrected chi connectivity index (χ4v) is 5.12. The summed E-state index contributed by atoms with van der Waals surface area (Å²) in [6.07, 6.45) is 2.51. The van der Waals surface area contributed by atoms with Gasteiger partial charge in [0.15, 0.2) is 0 Å². The van der Waals surface area contributed by atoms with Crippen LogP contribution in [0, 0.1) is 5.92 Å². The van der Waals surface area contributed by atoms with Gasteiger partial charge in [-0.2, -0.15) is 13.2 Å². The van der Waals surface area contributed by atoms with Gasteiger partial charge in [0.05, 0.1) is 5.56 Å².